The number of nitrogens with one attached hydrogen (secondary N) is 1. The van der Waals surface area contributed by atoms with E-state index in [1.54, 1.807) is 6.07 Å². The Morgan fingerprint density at radius 2 is 1.89 bits per heavy atom. The van der Waals surface area contributed by atoms with E-state index >= 15 is 0 Å². The van der Waals surface area contributed by atoms with Gasteiger partial charge in [0.1, 0.15) is 5.75 Å². The summed E-state index contributed by atoms with van der Waals surface area (Å²) in [6, 6.07) is 15.6. The lowest BCUT2D eigenvalue weighted by Gasteiger charge is -2.08. The van der Waals surface area contributed by atoms with Crippen LogP contribution in [0.15, 0.2) is 61.2 Å². The van der Waals surface area contributed by atoms with Crippen molar-refractivity contribution >= 4 is 0 Å². The predicted molar refractivity (Wildman–Crippen MR) is 75.4 cm³/mol. The van der Waals surface area contributed by atoms with Crippen molar-refractivity contribution < 1.29 is 5.11 Å². The summed E-state index contributed by atoms with van der Waals surface area (Å²) in [6.45, 7) is 5.22. The molecule has 2 heteroatoms. The molecule has 0 unspecified atom stereocenters. The van der Waals surface area contributed by atoms with Gasteiger partial charge in [0.25, 0.3) is 0 Å². The molecule has 2 rings (SSSR count). The molecule has 2 nitrogen and oxygen atoms in total. The number of phenolic OH excluding ortho intramolecular Hbond substituents is 1. The van der Waals surface area contributed by atoms with E-state index in [1.807, 2.05) is 48.5 Å². The maximum atomic E-state index is 9.92. The van der Waals surface area contributed by atoms with Crippen LogP contribution in [0.3, 0.4) is 0 Å². The zero-order chi connectivity index (χ0) is 12.8. The highest BCUT2D eigenvalue weighted by atomic mass is 16.3. The van der Waals surface area contributed by atoms with Gasteiger partial charge in [-0.05, 0) is 23.3 Å². The molecule has 0 aliphatic rings. The lowest BCUT2D eigenvalue weighted by atomic mass is 10.0. The first-order valence-corrected chi connectivity index (χ1v) is 6.00. The van der Waals surface area contributed by atoms with Crippen molar-refractivity contribution in [1.82, 2.24) is 5.32 Å². The molecule has 0 aliphatic heterocycles. The van der Waals surface area contributed by atoms with Crippen molar-refractivity contribution in [1.29, 1.82) is 0 Å². The quantitative estimate of drug-likeness (QED) is 0.619. The van der Waals surface area contributed by atoms with Crippen LogP contribution in [0, 0.1) is 0 Å². The normalized spacial score (nSPS) is 10.2. The lowest BCUT2D eigenvalue weighted by Crippen LogP contribution is -2.12. The third-order valence-corrected chi connectivity index (χ3v) is 2.76. The van der Waals surface area contributed by atoms with Crippen LogP contribution in [0.1, 0.15) is 5.56 Å². The van der Waals surface area contributed by atoms with Crippen molar-refractivity contribution in [3.8, 4) is 16.9 Å². The van der Waals surface area contributed by atoms with Crippen molar-refractivity contribution in [2.45, 2.75) is 6.54 Å². The number of hydrogen-bond donors (Lipinski definition) is 2. The first-order valence-electron chi connectivity index (χ1n) is 6.00. The van der Waals surface area contributed by atoms with Gasteiger partial charge in [0, 0.05) is 18.7 Å². The summed E-state index contributed by atoms with van der Waals surface area (Å²) in [4.78, 5) is 0. The summed E-state index contributed by atoms with van der Waals surface area (Å²) in [5.74, 6) is 0.314. The number of phenols is 1. The Kier molecular flexibility index (Phi) is 4.15. The first-order chi connectivity index (χ1) is 8.81. The van der Waals surface area contributed by atoms with Crippen molar-refractivity contribution in [2.75, 3.05) is 6.54 Å². The number of benzene rings is 2. The van der Waals surface area contributed by atoms with Crippen LogP contribution in [0.4, 0.5) is 0 Å². The molecule has 0 spiro atoms. The van der Waals surface area contributed by atoms with E-state index in [1.165, 1.54) is 0 Å². The molecule has 0 atom stereocenters. The summed E-state index contributed by atoms with van der Waals surface area (Å²) in [5, 5.41) is 13.2. The fourth-order valence-electron chi connectivity index (χ4n) is 1.86. The van der Waals surface area contributed by atoms with Crippen LogP contribution in [0.5, 0.6) is 5.75 Å². The second-order valence-corrected chi connectivity index (χ2v) is 4.14. The molecule has 0 saturated heterocycles. The SMILES string of the molecule is C=CCNCc1ccc(O)c(-c2ccccc2)c1. The summed E-state index contributed by atoms with van der Waals surface area (Å²) in [5.41, 5.74) is 3.04. The average Bonchev–Trinajstić information content (AvgIpc) is 2.42. The van der Waals surface area contributed by atoms with Crippen LogP contribution >= 0.6 is 0 Å². The van der Waals surface area contributed by atoms with E-state index in [2.05, 4.69) is 11.9 Å². The third-order valence-electron chi connectivity index (χ3n) is 2.76. The second kappa shape index (κ2) is 6.03. The van der Waals surface area contributed by atoms with Crippen LogP contribution in [0.25, 0.3) is 11.1 Å². The zero-order valence-corrected chi connectivity index (χ0v) is 10.3. The molecule has 0 aromatic heterocycles. The topological polar surface area (TPSA) is 32.3 Å². The Balaban J connectivity index is 2.24. The van der Waals surface area contributed by atoms with Gasteiger partial charge in [-0.2, -0.15) is 0 Å². The van der Waals surface area contributed by atoms with Gasteiger partial charge in [0.05, 0.1) is 0 Å². The van der Waals surface area contributed by atoms with E-state index in [-0.39, 0.29) is 0 Å². The Morgan fingerprint density at radius 1 is 1.11 bits per heavy atom. The van der Waals surface area contributed by atoms with Crippen LogP contribution in [0.2, 0.25) is 0 Å². The van der Waals surface area contributed by atoms with Gasteiger partial charge < -0.3 is 10.4 Å². The van der Waals surface area contributed by atoms with Gasteiger partial charge >= 0.3 is 0 Å². The van der Waals surface area contributed by atoms with Gasteiger partial charge in [-0.1, -0.05) is 42.5 Å². The summed E-state index contributed by atoms with van der Waals surface area (Å²) >= 11 is 0. The molecule has 0 fully saturated rings. The molecule has 0 bridgehead atoms. The van der Waals surface area contributed by atoms with E-state index in [4.69, 9.17) is 0 Å². The van der Waals surface area contributed by atoms with E-state index in [9.17, 15) is 5.11 Å². The maximum absolute atomic E-state index is 9.92. The van der Waals surface area contributed by atoms with Crippen molar-refractivity contribution in [2.24, 2.45) is 0 Å². The molecular weight excluding hydrogens is 222 g/mol. The van der Waals surface area contributed by atoms with Gasteiger partial charge in [-0.3, -0.25) is 0 Å². The summed E-state index contributed by atoms with van der Waals surface area (Å²) < 4.78 is 0. The Morgan fingerprint density at radius 3 is 2.61 bits per heavy atom. The minimum absolute atomic E-state index is 0.314. The Labute approximate surface area is 108 Å². The third kappa shape index (κ3) is 2.99. The van der Waals surface area contributed by atoms with Gasteiger partial charge in [0.15, 0.2) is 0 Å². The number of aromatic hydroxyl groups is 1. The highest BCUT2D eigenvalue weighted by Crippen LogP contribution is 2.29. The molecule has 0 radical (unpaired) electrons. The first kappa shape index (κ1) is 12.4. The standard InChI is InChI=1S/C16H17NO/c1-2-10-17-12-13-8-9-16(18)15(11-13)14-6-4-3-5-7-14/h2-9,11,17-18H,1,10,12H2. The predicted octanol–water partition coefficient (Wildman–Crippen LogP) is 3.33. The van der Waals surface area contributed by atoms with Crippen molar-refractivity contribution in [3.05, 3.63) is 66.7 Å². The largest absolute Gasteiger partial charge is 0.507 e. The van der Waals surface area contributed by atoms with Gasteiger partial charge in [-0.15, -0.1) is 6.58 Å². The smallest absolute Gasteiger partial charge is 0.123 e. The van der Waals surface area contributed by atoms with Crippen molar-refractivity contribution in [3.63, 3.8) is 0 Å². The van der Waals surface area contributed by atoms with E-state index in [0.717, 1.165) is 29.8 Å². The highest BCUT2D eigenvalue weighted by Gasteiger charge is 2.04. The van der Waals surface area contributed by atoms with Crippen LogP contribution < -0.4 is 5.32 Å². The fraction of sp³-hybridized carbons (Fsp3) is 0.125. The van der Waals surface area contributed by atoms with Gasteiger partial charge in [-0.25, -0.2) is 0 Å². The summed E-state index contributed by atoms with van der Waals surface area (Å²) in [7, 11) is 0. The fourth-order valence-corrected chi connectivity index (χ4v) is 1.86. The molecule has 2 aromatic rings. The second-order valence-electron chi connectivity index (χ2n) is 4.14. The Hall–Kier alpha value is -2.06. The summed E-state index contributed by atoms with van der Waals surface area (Å²) in [6.07, 6.45) is 1.83. The minimum atomic E-state index is 0.314. The molecule has 92 valence electrons. The van der Waals surface area contributed by atoms with E-state index < -0.39 is 0 Å². The number of rotatable bonds is 5. The molecule has 0 heterocycles. The molecular formula is C16H17NO. The molecule has 2 aromatic carbocycles. The number of hydrogen-bond acceptors (Lipinski definition) is 2. The lowest BCUT2D eigenvalue weighted by molar-refractivity contribution is 0.477. The molecule has 0 aliphatic carbocycles. The zero-order valence-electron chi connectivity index (χ0n) is 10.3. The van der Waals surface area contributed by atoms with E-state index in [0.29, 0.717) is 5.75 Å². The molecule has 18 heavy (non-hydrogen) atoms. The highest BCUT2D eigenvalue weighted by molar-refractivity contribution is 5.70. The molecule has 2 N–H and O–H groups in total. The van der Waals surface area contributed by atoms with Gasteiger partial charge in [0.2, 0.25) is 0 Å². The van der Waals surface area contributed by atoms with Crippen LogP contribution in [-0.2, 0) is 6.54 Å². The average molecular weight is 239 g/mol. The molecule has 0 saturated carbocycles. The maximum Gasteiger partial charge on any atom is 0.123 e. The monoisotopic (exact) mass is 239 g/mol. The van der Waals surface area contributed by atoms with Crippen LogP contribution in [-0.4, -0.2) is 11.7 Å². The minimum Gasteiger partial charge on any atom is -0.507 e. The Bertz CT molecular complexity index is 520. The molecule has 0 amide bonds.